The molecule has 34 heavy (non-hydrogen) atoms. The summed E-state index contributed by atoms with van der Waals surface area (Å²) in [5.74, 6) is -0.236. The van der Waals surface area contributed by atoms with Crippen molar-refractivity contribution in [3.05, 3.63) is 54.1 Å². The largest absolute Gasteiger partial charge is 0.489 e. The minimum Gasteiger partial charge on any atom is -0.489 e. The molecule has 184 valence electrons. The summed E-state index contributed by atoms with van der Waals surface area (Å²) in [5.41, 5.74) is 1.08. The first-order valence-corrected chi connectivity index (χ1v) is 13.0. The Balaban J connectivity index is 1.86. The van der Waals surface area contributed by atoms with Crippen LogP contribution in [0.15, 0.2) is 53.4 Å². The minimum atomic E-state index is -3.68. The minimum absolute atomic E-state index is 0.0200. The molecule has 0 aliphatic carbocycles. The number of anilines is 1. The lowest BCUT2D eigenvalue weighted by molar-refractivity contribution is -0.120. The van der Waals surface area contributed by atoms with E-state index in [9.17, 15) is 18.0 Å². The molecular weight excluding hydrogens is 454 g/mol. The number of nitrogens with zero attached hydrogens (tertiary/aromatic N) is 1. The van der Waals surface area contributed by atoms with Gasteiger partial charge in [-0.25, -0.2) is 8.42 Å². The highest BCUT2D eigenvalue weighted by Gasteiger charge is 2.27. The maximum Gasteiger partial charge on any atom is 0.243 e. The van der Waals surface area contributed by atoms with Gasteiger partial charge in [0, 0.05) is 20.0 Å². The Morgan fingerprint density at radius 2 is 1.71 bits per heavy atom. The second-order valence-corrected chi connectivity index (χ2v) is 10.6. The number of nitrogens with one attached hydrogen (secondary N) is 2. The molecule has 8 nitrogen and oxygen atoms in total. The lowest BCUT2D eigenvalue weighted by atomic mass is 10.0. The van der Waals surface area contributed by atoms with E-state index >= 15 is 0 Å². The molecule has 9 heteroatoms. The van der Waals surface area contributed by atoms with Crippen molar-refractivity contribution >= 4 is 27.5 Å². The summed E-state index contributed by atoms with van der Waals surface area (Å²) in [4.78, 5) is 24.8. The maximum absolute atomic E-state index is 13.2. The van der Waals surface area contributed by atoms with E-state index in [0.29, 0.717) is 18.8 Å². The molecule has 0 saturated carbocycles. The van der Waals surface area contributed by atoms with Crippen LogP contribution >= 0.6 is 0 Å². The number of rotatable bonds is 9. The normalized spacial score (nSPS) is 15.5. The number of carbonyl (C=O) groups is 2. The van der Waals surface area contributed by atoms with Crippen LogP contribution in [0.4, 0.5) is 5.69 Å². The Kier molecular flexibility index (Phi) is 8.68. The fourth-order valence-electron chi connectivity index (χ4n) is 3.95. The molecule has 2 N–H and O–H groups in total. The first-order valence-electron chi connectivity index (χ1n) is 11.6. The third-order valence-electron chi connectivity index (χ3n) is 5.51. The summed E-state index contributed by atoms with van der Waals surface area (Å²) >= 11 is 0. The van der Waals surface area contributed by atoms with Crippen molar-refractivity contribution in [1.29, 1.82) is 0 Å². The lowest BCUT2D eigenvalue weighted by Gasteiger charge is -2.26. The monoisotopic (exact) mass is 487 g/mol. The van der Waals surface area contributed by atoms with Gasteiger partial charge < -0.3 is 15.4 Å². The number of hydrogen-bond acceptors (Lipinski definition) is 5. The van der Waals surface area contributed by atoms with E-state index in [-0.39, 0.29) is 34.9 Å². The highest BCUT2D eigenvalue weighted by atomic mass is 32.2. The third-order valence-corrected chi connectivity index (χ3v) is 7.40. The molecular formula is C25H33N3O5S. The quantitative estimate of drug-likeness (QED) is 0.559. The van der Waals surface area contributed by atoms with Crippen LogP contribution < -0.4 is 15.4 Å². The van der Waals surface area contributed by atoms with Gasteiger partial charge >= 0.3 is 0 Å². The molecule has 0 bridgehead atoms. The van der Waals surface area contributed by atoms with Gasteiger partial charge in [0.05, 0.1) is 29.1 Å². The summed E-state index contributed by atoms with van der Waals surface area (Å²) in [6, 6.07) is 13.2. The van der Waals surface area contributed by atoms with Crippen LogP contribution in [0.1, 0.15) is 58.1 Å². The summed E-state index contributed by atoms with van der Waals surface area (Å²) in [7, 11) is -3.68. The van der Waals surface area contributed by atoms with Crippen LogP contribution in [0.5, 0.6) is 5.75 Å². The molecule has 2 aromatic carbocycles. The molecule has 1 saturated heterocycles. The Morgan fingerprint density at radius 3 is 2.32 bits per heavy atom. The first-order chi connectivity index (χ1) is 16.2. The molecule has 2 amide bonds. The number of hydrogen-bond donors (Lipinski definition) is 2. The van der Waals surface area contributed by atoms with Crippen molar-refractivity contribution in [1.82, 2.24) is 9.62 Å². The first kappa shape index (κ1) is 25.7. The van der Waals surface area contributed by atoms with Crippen LogP contribution in [-0.2, 0) is 19.6 Å². The van der Waals surface area contributed by atoms with Gasteiger partial charge in [-0.05, 0) is 50.5 Å². The fraction of sp³-hybridized carbons (Fsp3) is 0.440. The number of ether oxygens (including phenoxy) is 1. The summed E-state index contributed by atoms with van der Waals surface area (Å²) in [5, 5.41) is 5.61. The van der Waals surface area contributed by atoms with Gasteiger partial charge in [-0.15, -0.1) is 0 Å². The van der Waals surface area contributed by atoms with Crippen LogP contribution in [-0.4, -0.2) is 43.7 Å². The molecule has 1 unspecified atom stereocenters. The van der Waals surface area contributed by atoms with E-state index in [1.807, 2.05) is 44.2 Å². The van der Waals surface area contributed by atoms with Crippen LogP contribution in [0.2, 0.25) is 0 Å². The predicted molar refractivity (Wildman–Crippen MR) is 131 cm³/mol. The van der Waals surface area contributed by atoms with Gasteiger partial charge in [0.1, 0.15) is 5.75 Å². The van der Waals surface area contributed by atoms with E-state index < -0.39 is 16.1 Å². The van der Waals surface area contributed by atoms with Crippen LogP contribution in [0.3, 0.4) is 0 Å². The molecule has 0 spiro atoms. The van der Waals surface area contributed by atoms with Crippen molar-refractivity contribution in [2.45, 2.75) is 63.5 Å². The SMILES string of the molecule is CC(=O)NC(CC(=O)Nc1cc(S(=O)(=O)N2CCCCC2)ccc1OC(C)C)c1ccccc1. The number of piperidine rings is 1. The van der Waals surface area contributed by atoms with Crippen LogP contribution in [0, 0.1) is 0 Å². The van der Waals surface area contributed by atoms with Crippen LogP contribution in [0.25, 0.3) is 0 Å². The molecule has 2 aromatic rings. The Hall–Kier alpha value is -2.91. The van der Waals surface area contributed by atoms with Gasteiger partial charge in [0.25, 0.3) is 0 Å². The van der Waals surface area contributed by atoms with Crippen molar-refractivity contribution in [2.75, 3.05) is 18.4 Å². The van der Waals surface area contributed by atoms with E-state index in [1.54, 1.807) is 6.07 Å². The molecule has 3 rings (SSSR count). The van der Waals surface area contributed by atoms with E-state index in [2.05, 4.69) is 10.6 Å². The zero-order valence-electron chi connectivity index (χ0n) is 19.9. The van der Waals surface area contributed by atoms with Crippen molar-refractivity contribution in [2.24, 2.45) is 0 Å². The zero-order valence-corrected chi connectivity index (χ0v) is 20.7. The molecule has 0 radical (unpaired) electrons. The average molecular weight is 488 g/mol. The zero-order chi connectivity index (χ0) is 24.7. The molecule has 1 aliphatic heterocycles. The average Bonchev–Trinajstić information content (AvgIpc) is 2.80. The Labute approximate surface area is 201 Å². The summed E-state index contributed by atoms with van der Waals surface area (Å²) in [6.07, 6.45) is 2.50. The van der Waals surface area contributed by atoms with E-state index in [4.69, 9.17) is 4.74 Å². The number of sulfonamides is 1. The van der Waals surface area contributed by atoms with Crippen molar-refractivity contribution in [3.63, 3.8) is 0 Å². The topological polar surface area (TPSA) is 105 Å². The highest BCUT2D eigenvalue weighted by Crippen LogP contribution is 2.31. The standard InChI is InChI=1S/C25H33N3O5S/c1-18(2)33-24-13-12-21(34(31,32)28-14-8-5-9-15-28)16-23(24)27-25(30)17-22(26-19(3)29)20-10-6-4-7-11-20/h4,6-7,10-13,16,18,22H,5,8-9,14-15,17H2,1-3H3,(H,26,29)(H,27,30). The molecule has 0 aromatic heterocycles. The number of carbonyl (C=O) groups excluding carboxylic acids is 2. The van der Waals surface area contributed by atoms with E-state index in [1.165, 1.54) is 23.4 Å². The number of benzene rings is 2. The molecule has 1 fully saturated rings. The van der Waals surface area contributed by atoms with Gasteiger partial charge in [0.2, 0.25) is 21.8 Å². The smallest absolute Gasteiger partial charge is 0.243 e. The Morgan fingerprint density at radius 1 is 1.03 bits per heavy atom. The van der Waals surface area contributed by atoms with E-state index in [0.717, 1.165) is 24.8 Å². The second-order valence-electron chi connectivity index (χ2n) is 8.71. The third kappa shape index (κ3) is 6.80. The highest BCUT2D eigenvalue weighted by molar-refractivity contribution is 7.89. The second kappa shape index (κ2) is 11.5. The van der Waals surface area contributed by atoms with Gasteiger partial charge in [-0.2, -0.15) is 4.31 Å². The van der Waals surface area contributed by atoms with Gasteiger partial charge in [0.15, 0.2) is 0 Å². The molecule has 1 atom stereocenters. The predicted octanol–water partition coefficient (Wildman–Crippen LogP) is 3.85. The molecule has 1 heterocycles. The van der Waals surface area contributed by atoms with Gasteiger partial charge in [-0.3, -0.25) is 9.59 Å². The number of amides is 2. The lowest BCUT2D eigenvalue weighted by Crippen LogP contribution is -2.35. The van der Waals surface area contributed by atoms with Crippen molar-refractivity contribution < 1.29 is 22.7 Å². The molecule has 1 aliphatic rings. The maximum atomic E-state index is 13.2. The van der Waals surface area contributed by atoms with Crippen molar-refractivity contribution in [3.8, 4) is 5.75 Å². The fourth-order valence-corrected chi connectivity index (χ4v) is 5.49. The Bertz CT molecular complexity index is 1100. The summed E-state index contributed by atoms with van der Waals surface area (Å²) in [6.45, 7) is 6.09. The van der Waals surface area contributed by atoms with Gasteiger partial charge in [-0.1, -0.05) is 36.8 Å². The summed E-state index contributed by atoms with van der Waals surface area (Å²) < 4.78 is 33.6.